The van der Waals surface area contributed by atoms with E-state index in [2.05, 4.69) is 0 Å². The molecule has 0 aliphatic heterocycles. The lowest BCUT2D eigenvalue weighted by molar-refractivity contribution is -0.122. The van der Waals surface area contributed by atoms with Gasteiger partial charge in [0.15, 0.2) is 0 Å². The fourth-order valence-electron chi connectivity index (χ4n) is 1.81. The Morgan fingerprint density at radius 2 is 1.85 bits per heavy atom. The minimum absolute atomic E-state index is 0.250. The molecule has 0 aliphatic carbocycles. The molecular weight excluding hydrogens is 258 g/mol. The second-order valence-electron chi connectivity index (χ2n) is 5.29. The number of carbonyl (C=O) groups is 2. The molecule has 2 aromatic rings. The van der Waals surface area contributed by atoms with E-state index < -0.39 is 5.60 Å². The van der Waals surface area contributed by atoms with Crippen molar-refractivity contribution >= 4 is 23.5 Å². The molecule has 0 bridgehead atoms. The van der Waals surface area contributed by atoms with Gasteiger partial charge in [-0.2, -0.15) is 0 Å². The first kappa shape index (κ1) is 15.8. The van der Waals surface area contributed by atoms with Crippen LogP contribution in [-0.2, 0) is 9.53 Å². The molecule has 5 nitrogen and oxygen atoms in total. The molecule has 0 fully saturated rings. The summed E-state index contributed by atoms with van der Waals surface area (Å²) in [6.07, 6.45) is 1.49. The Labute approximate surface area is 117 Å². The van der Waals surface area contributed by atoms with Crippen molar-refractivity contribution in [3.8, 4) is 0 Å². The smallest absolute Gasteiger partial charge is 0.418 e. The third kappa shape index (κ3) is 3.85. The molecule has 108 valence electrons. The summed E-state index contributed by atoms with van der Waals surface area (Å²) in [5.41, 5.74) is 1.49. The van der Waals surface area contributed by atoms with Crippen LogP contribution in [-0.4, -0.2) is 27.8 Å². The molecule has 5 heteroatoms. The average molecular weight is 277 g/mol. The average Bonchev–Trinajstić information content (AvgIpc) is 2.67. The number of ether oxygens (including phenoxy) is 1. The highest BCUT2D eigenvalue weighted by Crippen LogP contribution is 2.21. The van der Waals surface area contributed by atoms with Crippen molar-refractivity contribution in [3.63, 3.8) is 0 Å². The van der Waals surface area contributed by atoms with Crippen LogP contribution >= 0.6 is 0 Å². The molecule has 0 amide bonds. The van der Waals surface area contributed by atoms with Gasteiger partial charge in [0.25, 0.3) is 6.47 Å². The summed E-state index contributed by atoms with van der Waals surface area (Å²) in [6, 6.07) is 7.81. The van der Waals surface area contributed by atoms with Gasteiger partial charge in [0.05, 0.1) is 5.52 Å². The van der Waals surface area contributed by atoms with Gasteiger partial charge in [-0.05, 0) is 39.3 Å². The Bertz CT molecular complexity index is 608. The number of aryl methyl sites for hydroxylation is 1. The second kappa shape index (κ2) is 6.23. The van der Waals surface area contributed by atoms with E-state index in [4.69, 9.17) is 14.6 Å². The molecule has 1 N–H and O–H groups in total. The first-order valence-corrected chi connectivity index (χ1v) is 6.18. The molecule has 1 heterocycles. The lowest BCUT2D eigenvalue weighted by Gasteiger charge is -2.19. The molecular formula is C15H19NO4. The predicted octanol–water partition coefficient (Wildman–Crippen LogP) is 3.43. The number of aromatic nitrogens is 1. The Balaban J connectivity index is 0.000000612. The summed E-state index contributed by atoms with van der Waals surface area (Å²) in [4.78, 5) is 20.4. The van der Waals surface area contributed by atoms with Gasteiger partial charge in [0.2, 0.25) is 0 Å². The van der Waals surface area contributed by atoms with E-state index in [0.717, 1.165) is 16.5 Å². The van der Waals surface area contributed by atoms with Crippen molar-refractivity contribution in [2.24, 2.45) is 0 Å². The molecule has 0 spiro atoms. The zero-order valence-electron chi connectivity index (χ0n) is 12.1. The lowest BCUT2D eigenvalue weighted by Crippen LogP contribution is -2.26. The van der Waals surface area contributed by atoms with E-state index in [0.29, 0.717) is 0 Å². The molecule has 1 aromatic carbocycles. The summed E-state index contributed by atoms with van der Waals surface area (Å²) in [5.74, 6) is 0. The van der Waals surface area contributed by atoms with Crippen LogP contribution in [0.3, 0.4) is 0 Å². The van der Waals surface area contributed by atoms with Crippen molar-refractivity contribution in [1.29, 1.82) is 0 Å². The maximum atomic E-state index is 12.0. The molecule has 2 rings (SSSR count). The van der Waals surface area contributed by atoms with Crippen LogP contribution in [0.2, 0.25) is 0 Å². The highest BCUT2D eigenvalue weighted by atomic mass is 16.6. The summed E-state index contributed by atoms with van der Waals surface area (Å²) < 4.78 is 6.93. The summed E-state index contributed by atoms with van der Waals surface area (Å²) in [5, 5.41) is 7.97. The summed E-state index contributed by atoms with van der Waals surface area (Å²) >= 11 is 0. The molecule has 0 saturated heterocycles. The van der Waals surface area contributed by atoms with Gasteiger partial charge in [-0.3, -0.25) is 9.36 Å². The van der Waals surface area contributed by atoms with E-state index in [9.17, 15) is 4.79 Å². The Kier molecular flexibility index (Phi) is 4.91. The van der Waals surface area contributed by atoms with E-state index in [1.165, 1.54) is 0 Å². The van der Waals surface area contributed by atoms with E-state index in [-0.39, 0.29) is 12.6 Å². The summed E-state index contributed by atoms with van der Waals surface area (Å²) in [7, 11) is 0. The highest BCUT2D eigenvalue weighted by Gasteiger charge is 2.19. The molecule has 0 saturated carbocycles. The van der Waals surface area contributed by atoms with E-state index in [1.54, 1.807) is 4.57 Å². The number of hydrogen-bond acceptors (Lipinski definition) is 3. The van der Waals surface area contributed by atoms with Gasteiger partial charge in [-0.15, -0.1) is 0 Å². The topological polar surface area (TPSA) is 68.5 Å². The Morgan fingerprint density at radius 1 is 1.30 bits per heavy atom. The SMILES string of the molecule is Cc1cn(C(=O)OC(C)(C)C)c2ccccc12.O=CO. The van der Waals surface area contributed by atoms with Crippen molar-refractivity contribution in [2.75, 3.05) is 0 Å². The van der Waals surface area contributed by atoms with Crippen molar-refractivity contribution in [3.05, 3.63) is 36.0 Å². The van der Waals surface area contributed by atoms with Crippen LogP contribution in [0.5, 0.6) is 0 Å². The van der Waals surface area contributed by atoms with Crippen LogP contribution in [0, 0.1) is 6.92 Å². The number of carboxylic acid groups (broad SMARTS) is 1. The minimum Gasteiger partial charge on any atom is -0.483 e. The fraction of sp³-hybridized carbons (Fsp3) is 0.333. The molecule has 0 radical (unpaired) electrons. The number of benzene rings is 1. The lowest BCUT2D eigenvalue weighted by atomic mass is 10.2. The molecule has 1 aromatic heterocycles. The van der Waals surface area contributed by atoms with Gasteiger partial charge >= 0.3 is 6.09 Å². The van der Waals surface area contributed by atoms with E-state index in [1.807, 2.05) is 58.2 Å². The predicted molar refractivity (Wildman–Crippen MR) is 77.0 cm³/mol. The normalized spacial score (nSPS) is 10.6. The zero-order chi connectivity index (χ0) is 15.3. The molecule has 20 heavy (non-hydrogen) atoms. The number of para-hydroxylation sites is 1. The van der Waals surface area contributed by atoms with Gasteiger partial charge < -0.3 is 9.84 Å². The van der Waals surface area contributed by atoms with Crippen LogP contribution in [0.15, 0.2) is 30.5 Å². The monoisotopic (exact) mass is 277 g/mol. The third-order valence-corrected chi connectivity index (χ3v) is 2.50. The fourth-order valence-corrected chi connectivity index (χ4v) is 1.81. The van der Waals surface area contributed by atoms with Gasteiger partial charge in [0, 0.05) is 11.6 Å². The third-order valence-electron chi connectivity index (χ3n) is 2.50. The van der Waals surface area contributed by atoms with Crippen LogP contribution in [0.1, 0.15) is 26.3 Å². The van der Waals surface area contributed by atoms with Crippen molar-refractivity contribution < 1.29 is 19.4 Å². The van der Waals surface area contributed by atoms with Crippen molar-refractivity contribution in [2.45, 2.75) is 33.3 Å². The maximum absolute atomic E-state index is 12.0. The number of nitrogens with zero attached hydrogens (tertiary/aromatic N) is 1. The Hall–Kier alpha value is -2.30. The van der Waals surface area contributed by atoms with Gasteiger partial charge in [-0.25, -0.2) is 4.79 Å². The number of carbonyl (C=O) groups excluding carboxylic acids is 1. The standard InChI is InChI=1S/C14H17NO2.CH2O2/c1-10-9-15(13(16)17-14(2,3)4)12-8-6-5-7-11(10)12;2-1-3/h5-9H,1-4H3;1H,(H,2,3). The number of rotatable bonds is 0. The van der Waals surface area contributed by atoms with Gasteiger partial charge in [0.1, 0.15) is 5.60 Å². The maximum Gasteiger partial charge on any atom is 0.418 e. The highest BCUT2D eigenvalue weighted by molar-refractivity contribution is 5.91. The number of hydrogen-bond donors (Lipinski definition) is 1. The van der Waals surface area contributed by atoms with E-state index >= 15 is 0 Å². The molecule has 0 aliphatic rings. The zero-order valence-corrected chi connectivity index (χ0v) is 12.1. The summed E-state index contributed by atoms with van der Waals surface area (Å²) in [6.45, 7) is 7.33. The minimum atomic E-state index is -0.476. The first-order chi connectivity index (χ1) is 9.30. The molecule has 0 atom stereocenters. The number of fused-ring (bicyclic) bond motifs is 1. The molecule has 0 unspecified atom stereocenters. The Morgan fingerprint density at radius 3 is 2.40 bits per heavy atom. The largest absolute Gasteiger partial charge is 0.483 e. The first-order valence-electron chi connectivity index (χ1n) is 6.18. The van der Waals surface area contributed by atoms with Crippen LogP contribution in [0.4, 0.5) is 4.79 Å². The van der Waals surface area contributed by atoms with Crippen LogP contribution in [0.25, 0.3) is 10.9 Å². The van der Waals surface area contributed by atoms with Gasteiger partial charge in [-0.1, -0.05) is 18.2 Å². The quantitative estimate of drug-likeness (QED) is 0.749. The van der Waals surface area contributed by atoms with Crippen LogP contribution < -0.4 is 0 Å². The van der Waals surface area contributed by atoms with Crippen molar-refractivity contribution in [1.82, 2.24) is 4.57 Å². The second-order valence-corrected chi connectivity index (χ2v) is 5.29.